The second-order valence-corrected chi connectivity index (χ2v) is 13.1. The van der Waals surface area contributed by atoms with Gasteiger partial charge in [0.2, 0.25) is 0 Å². The average Bonchev–Trinajstić information content (AvgIpc) is 3.55. The van der Waals surface area contributed by atoms with Crippen molar-refractivity contribution in [2.24, 2.45) is 0 Å². The molecule has 0 fully saturated rings. The number of rotatable bonds is 5. The van der Waals surface area contributed by atoms with Crippen LogP contribution in [0.2, 0.25) is 0 Å². The summed E-state index contributed by atoms with van der Waals surface area (Å²) in [6.07, 6.45) is 0. The van der Waals surface area contributed by atoms with Gasteiger partial charge in [-0.05, 0) is 66.7 Å². The van der Waals surface area contributed by atoms with Crippen LogP contribution in [0.25, 0.3) is 100 Å². The molecule has 1 aliphatic rings. The van der Waals surface area contributed by atoms with E-state index < -0.39 is 0 Å². The van der Waals surface area contributed by atoms with E-state index in [-0.39, 0.29) is 0 Å². The van der Waals surface area contributed by atoms with Gasteiger partial charge in [-0.1, -0.05) is 164 Å². The fraction of sp³-hybridized carbons (Fsp3) is 0. The van der Waals surface area contributed by atoms with Gasteiger partial charge in [0.25, 0.3) is 0 Å². The van der Waals surface area contributed by atoms with E-state index in [9.17, 15) is 5.26 Å². The summed E-state index contributed by atoms with van der Waals surface area (Å²) in [7, 11) is 0. The monoisotopic (exact) mass is 660 g/mol. The lowest BCUT2D eigenvalue weighted by Gasteiger charge is -2.17. The fourth-order valence-corrected chi connectivity index (χ4v) is 7.74. The Kier molecular flexibility index (Phi) is 6.84. The van der Waals surface area contributed by atoms with Crippen LogP contribution in [0.5, 0.6) is 0 Å². The van der Waals surface area contributed by atoms with Crippen molar-refractivity contribution in [3.05, 3.63) is 175 Å². The molecule has 0 saturated carbocycles. The third-order valence-corrected chi connectivity index (χ3v) is 10.2. The van der Waals surface area contributed by atoms with Crippen molar-refractivity contribution in [3.8, 4) is 84.7 Å². The first kappa shape index (κ1) is 29.7. The molecule has 4 nitrogen and oxygen atoms in total. The summed E-state index contributed by atoms with van der Waals surface area (Å²) in [5.74, 6) is 1.90. The third-order valence-electron chi connectivity index (χ3n) is 10.2. The van der Waals surface area contributed by atoms with Gasteiger partial charge in [-0.15, -0.1) is 0 Å². The lowest BCUT2D eigenvalue weighted by Crippen LogP contribution is -2.00. The molecule has 9 aromatic rings. The second-order valence-electron chi connectivity index (χ2n) is 13.1. The Morgan fingerprint density at radius 3 is 1.31 bits per heavy atom. The molecular weight excluding hydrogens is 633 g/mol. The Balaban J connectivity index is 1.17. The van der Waals surface area contributed by atoms with Crippen LogP contribution in [0.1, 0.15) is 5.56 Å². The van der Waals surface area contributed by atoms with Gasteiger partial charge in [-0.2, -0.15) is 5.26 Å². The molecule has 0 aliphatic heterocycles. The molecule has 0 amide bonds. The van der Waals surface area contributed by atoms with Crippen LogP contribution in [0, 0.1) is 11.3 Å². The van der Waals surface area contributed by atoms with Gasteiger partial charge in [0, 0.05) is 22.1 Å². The number of fused-ring (bicyclic) bond motifs is 4. The highest BCUT2D eigenvalue weighted by molar-refractivity contribution is 6.23. The number of nitriles is 1. The topological polar surface area (TPSA) is 62.5 Å². The summed E-state index contributed by atoms with van der Waals surface area (Å²) in [5, 5.41) is 14.4. The van der Waals surface area contributed by atoms with Crippen LogP contribution in [0.3, 0.4) is 0 Å². The second kappa shape index (κ2) is 12.0. The Morgan fingerprint density at radius 2 is 0.731 bits per heavy atom. The predicted octanol–water partition coefficient (Wildman–Crippen LogP) is 12.0. The minimum Gasteiger partial charge on any atom is -0.208 e. The first-order valence-electron chi connectivity index (χ1n) is 17.3. The number of benzene rings is 8. The van der Waals surface area contributed by atoms with E-state index in [2.05, 4.69) is 97.1 Å². The van der Waals surface area contributed by atoms with Gasteiger partial charge >= 0.3 is 0 Å². The summed E-state index contributed by atoms with van der Waals surface area (Å²) in [6, 6.07) is 61.1. The lowest BCUT2D eigenvalue weighted by atomic mass is 9.86. The molecule has 8 aromatic carbocycles. The summed E-state index contributed by atoms with van der Waals surface area (Å²) in [4.78, 5) is 14.8. The van der Waals surface area contributed by atoms with Gasteiger partial charge in [0.05, 0.1) is 11.6 Å². The summed E-state index contributed by atoms with van der Waals surface area (Å²) in [6.45, 7) is 0. The quantitative estimate of drug-likeness (QED) is 0.184. The van der Waals surface area contributed by atoms with Crippen LogP contribution in [0.15, 0.2) is 170 Å². The zero-order chi connectivity index (χ0) is 34.6. The van der Waals surface area contributed by atoms with E-state index in [1.165, 1.54) is 33.0 Å². The standard InChI is InChI=1S/C48H28N4/c49-29-34-15-9-19-37-35(34)18-10-20-40(37)41-27-28-43-39-17-8-7-16-38(39)42-26-25-36(44(41)45(42)43)30-21-23-33(24-22-30)48-51-46(31-11-3-1-4-12-31)50-47(52-48)32-13-5-2-6-14-32/h1-28H. The van der Waals surface area contributed by atoms with Gasteiger partial charge in [0.15, 0.2) is 17.5 Å². The number of hydrogen-bond donors (Lipinski definition) is 0. The molecule has 1 aromatic heterocycles. The minimum absolute atomic E-state index is 0.625. The van der Waals surface area contributed by atoms with Crippen LogP contribution >= 0.6 is 0 Å². The summed E-state index contributed by atoms with van der Waals surface area (Å²) < 4.78 is 0. The van der Waals surface area contributed by atoms with Gasteiger partial charge in [0.1, 0.15) is 0 Å². The number of nitrogens with zero attached hydrogens (tertiary/aromatic N) is 4. The van der Waals surface area contributed by atoms with E-state index in [0.29, 0.717) is 23.0 Å². The maximum atomic E-state index is 9.93. The maximum absolute atomic E-state index is 9.93. The SMILES string of the molecule is N#Cc1cccc2c(-c3ccc4c5c(ccc(-c6ccc(-c7nc(-c8ccccc8)nc(-c8ccccc8)n7)cc6)c35)-c3ccccc3-4)cccc12. The molecule has 240 valence electrons. The highest BCUT2D eigenvalue weighted by Gasteiger charge is 2.25. The van der Waals surface area contributed by atoms with Crippen molar-refractivity contribution in [1.82, 2.24) is 15.0 Å². The molecule has 10 rings (SSSR count). The molecule has 1 heterocycles. The smallest absolute Gasteiger partial charge is 0.164 e. The highest BCUT2D eigenvalue weighted by atomic mass is 15.0. The van der Waals surface area contributed by atoms with Crippen molar-refractivity contribution in [3.63, 3.8) is 0 Å². The van der Waals surface area contributed by atoms with Crippen LogP contribution in [-0.4, -0.2) is 15.0 Å². The van der Waals surface area contributed by atoms with Crippen molar-refractivity contribution < 1.29 is 0 Å². The van der Waals surface area contributed by atoms with E-state index in [4.69, 9.17) is 15.0 Å². The van der Waals surface area contributed by atoms with Crippen molar-refractivity contribution in [2.45, 2.75) is 0 Å². The maximum Gasteiger partial charge on any atom is 0.164 e. The van der Waals surface area contributed by atoms with E-state index in [1.807, 2.05) is 78.9 Å². The van der Waals surface area contributed by atoms with Gasteiger partial charge in [-0.3, -0.25) is 0 Å². The number of hydrogen-bond acceptors (Lipinski definition) is 4. The highest BCUT2D eigenvalue weighted by Crippen LogP contribution is 2.52. The molecule has 0 saturated heterocycles. The first-order valence-corrected chi connectivity index (χ1v) is 17.3. The van der Waals surface area contributed by atoms with E-state index >= 15 is 0 Å². The summed E-state index contributed by atoms with van der Waals surface area (Å²) >= 11 is 0. The van der Waals surface area contributed by atoms with Crippen LogP contribution in [0.4, 0.5) is 0 Å². The van der Waals surface area contributed by atoms with Crippen LogP contribution < -0.4 is 0 Å². The molecule has 1 aliphatic carbocycles. The van der Waals surface area contributed by atoms with Crippen molar-refractivity contribution in [2.75, 3.05) is 0 Å². The zero-order valence-corrected chi connectivity index (χ0v) is 28.0. The molecular formula is C48H28N4. The average molecular weight is 661 g/mol. The van der Waals surface area contributed by atoms with E-state index in [1.54, 1.807) is 0 Å². The molecule has 0 atom stereocenters. The zero-order valence-electron chi connectivity index (χ0n) is 28.0. The molecule has 52 heavy (non-hydrogen) atoms. The van der Waals surface area contributed by atoms with Crippen molar-refractivity contribution in [1.29, 1.82) is 5.26 Å². The first-order chi connectivity index (χ1) is 25.7. The molecule has 0 radical (unpaired) electrons. The molecule has 0 unspecified atom stereocenters. The normalized spacial score (nSPS) is 11.4. The lowest BCUT2D eigenvalue weighted by molar-refractivity contribution is 1.07. The van der Waals surface area contributed by atoms with Crippen molar-refractivity contribution >= 4 is 21.5 Å². The predicted molar refractivity (Wildman–Crippen MR) is 211 cm³/mol. The molecule has 0 N–H and O–H groups in total. The van der Waals surface area contributed by atoms with Gasteiger partial charge in [-0.25, -0.2) is 15.0 Å². The fourth-order valence-electron chi connectivity index (χ4n) is 7.74. The van der Waals surface area contributed by atoms with Crippen LogP contribution in [-0.2, 0) is 0 Å². The minimum atomic E-state index is 0.625. The number of aromatic nitrogens is 3. The Hall–Kier alpha value is -7.22. The largest absolute Gasteiger partial charge is 0.208 e. The van der Waals surface area contributed by atoms with Gasteiger partial charge < -0.3 is 0 Å². The van der Waals surface area contributed by atoms with E-state index in [0.717, 1.165) is 49.7 Å². The molecule has 0 spiro atoms. The Labute approximate surface area is 301 Å². The summed E-state index contributed by atoms with van der Waals surface area (Å²) in [5.41, 5.74) is 13.0. The molecule has 0 bridgehead atoms. The molecule has 4 heteroatoms. The Bertz CT molecular complexity index is 2800. The third kappa shape index (κ3) is 4.72. The Morgan fingerprint density at radius 1 is 0.308 bits per heavy atom.